The Kier molecular flexibility index (Phi) is 5.95. The summed E-state index contributed by atoms with van der Waals surface area (Å²) in [6, 6.07) is 10.5. The van der Waals surface area contributed by atoms with Crippen LogP contribution in [0.4, 0.5) is 5.69 Å². The molecule has 186 valence electrons. The van der Waals surface area contributed by atoms with Crippen LogP contribution in [0.15, 0.2) is 46.0 Å². The summed E-state index contributed by atoms with van der Waals surface area (Å²) < 4.78 is 3.56. The van der Waals surface area contributed by atoms with Crippen LogP contribution in [0.3, 0.4) is 0 Å². The zero-order valence-corrected chi connectivity index (χ0v) is 20.5. The molecule has 2 amide bonds. The first-order chi connectivity index (χ1) is 17.2. The molecule has 0 aliphatic heterocycles. The zero-order valence-electron chi connectivity index (χ0n) is 20.5. The number of hydrogen-bond donors (Lipinski definition) is 2. The molecule has 10 nitrogen and oxygen atoms in total. The summed E-state index contributed by atoms with van der Waals surface area (Å²) >= 11 is 0. The molecule has 36 heavy (non-hydrogen) atoms. The molecule has 2 aromatic carbocycles. The predicted octanol–water partition coefficient (Wildman–Crippen LogP) is 2.28. The van der Waals surface area contributed by atoms with Gasteiger partial charge in [-0.05, 0) is 68.1 Å². The number of nitrogens with zero attached hydrogens (tertiary/aromatic N) is 4. The quantitative estimate of drug-likeness (QED) is 0.447. The van der Waals surface area contributed by atoms with Gasteiger partial charge >= 0.3 is 5.69 Å². The Morgan fingerprint density at radius 1 is 1.03 bits per heavy atom. The molecule has 1 fully saturated rings. The average molecular weight is 489 g/mol. The van der Waals surface area contributed by atoms with Crippen molar-refractivity contribution in [1.82, 2.24) is 24.1 Å². The van der Waals surface area contributed by atoms with Crippen molar-refractivity contribution in [2.45, 2.75) is 52.1 Å². The number of amides is 2. The summed E-state index contributed by atoms with van der Waals surface area (Å²) in [6.07, 6.45) is 4.07. The van der Waals surface area contributed by atoms with E-state index in [4.69, 9.17) is 0 Å². The van der Waals surface area contributed by atoms with Crippen LogP contribution in [0.2, 0.25) is 0 Å². The molecule has 0 unspecified atom stereocenters. The van der Waals surface area contributed by atoms with Gasteiger partial charge in [-0.1, -0.05) is 18.9 Å². The van der Waals surface area contributed by atoms with Crippen molar-refractivity contribution >= 4 is 34.2 Å². The number of carbonyl (C=O) groups excluding carboxylic acids is 2. The summed E-state index contributed by atoms with van der Waals surface area (Å²) in [5.74, 6) is -0.576. The van der Waals surface area contributed by atoms with Crippen LogP contribution >= 0.6 is 0 Å². The van der Waals surface area contributed by atoms with E-state index in [0.29, 0.717) is 11.3 Å². The van der Waals surface area contributed by atoms with Gasteiger partial charge in [-0.3, -0.25) is 19.0 Å². The predicted molar refractivity (Wildman–Crippen MR) is 136 cm³/mol. The summed E-state index contributed by atoms with van der Waals surface area (Å²) in [6.45, 7) is 3.54. The van der Waals surface area contributed by atoms with Gasteiger partial charge in [0, 0.05) is 24.3 Å². The SMILES string of the molecule is Cc1cc(C)cc(NC(=O)Cn2nc3n(C)c(=O)c4ccc(C(=O)NC5CCCC5)cc4n3c2=O)c1. The molecule has 4 aromatic rings. The lowest BCUT2D eigenvalue weighted by Gasteiger charge is -2.12. The van der Waals surface area contributed by atoms with Crippen LogP contribution < -0.4 is 21.9 Å². The number of hydrogen-bond acceptors (Lipinski definition) is 5. The van der Waals surface area contributed by atoms with Crippen LogP contribution in [0.25, 0.3) is 16.7 Å². The summed E-state index contributed by atoms with van der Waals surface area (Å²) in [5, 5.41) is 10.4. The monoisotopic (exact) mass is 488 g/mol. The van der Waals surface area contributed by atoms with Crippen LogP contribution in [-0.4, -0.2) is 36.6 Å². The number of nitrogens with one attached hydrogen (secondary N) is 2. The van der Waals surface area contributed by atoms with E-state index in [1.54, 1.807) is 12.1 Å². The van der Waals surface area contributed by atoms with Crippen LogP contribution in [0, 0.1) is 13.8 Å². The highest BCUT2D eigenvalue weighted by molar-refractivity contribution is 5.98. The lowest BCUT2D eigenvalue weighted by molar-refractivity contribution is -0.117. The summed E-state index contributed by atoms with van der Waals surface area (Å²) in [5.41, 5.74) is 2.35. The number of aromatic nitrogens is 4. The summed E-state index contributed by atoms with van der Waals surface area (Å²) in [4.78, 5) is 51.8. The van der Waals surface area contributed by atoms with Crippen molar-refractivity contribution in [2.75, 3.05) is 5.32 Å². The van der Waals surface area contributed by atoms with Crippen molar-refractivity contribution in [2.24, 2.45) is 7.05 Å². The number of anilines is 1. The van der Waals surface area contributed by atoms with Gasteiger partial charge in [0.05, 0.1) is 10.9 Å². The molecule has 2 heterocycles. The van der Waals surface area contributed by atoms with Gasteiger partial charge in [-0.2, -0.15) is 0 Å². The van der Waals surface area contributed by atoms with Crippen LogP contribution in [-0.2, 0) is 18.4 Å². The van der Waals surface area contributed by atoms with Gasteiger partial charge < -0.3 is 10.6 Å². The largest absolute Gasteiger partial charge is 0.352 e. The van der Waals surface area contributed by atoms with Gasteiger partial charge in [-0.25, -0.2) is 13.9 Å². The first kappa shape index (κ1) is 23.5. The van der Waals surface area contributed by atoms with Crippen molar-refractivity contribution in [1.29, 1.82) is 0 Å². The standard InChI is InChI=1S/C26H28N6O4/c1-15-10-16(2)12-19(11-15)27-22(33)14-31-26(36)32-21-13-17(23(34)28-18-6-4-5-7-18)8-9-20(21)24(35)30(3)25(32)29-31/h8-13,18H,4-7,14H2,1-3H3,(H,27,33)(H,28,34). The normalized spacial score (nSPS) is 14.0. The Bertz CT molecular complexity index is 1620. The van der Waals surface area contributed by atoms with E-state index in [1.807, 2.05) is 32.0 Å². The highest BCUT2D eigenvalue weighted by atomic mass is 16.2. The maximum atomic E-state index is 13.3. The molecule has 5 rings (SSSR count). The van der Waals surface area contributed by atoms with E-state index in [1.165, 1.54) is 22.1 Å². The van der Waals surface area contributed by atoms with Crippen LogP contribution in [0.1, 0.15) is 47.2 Å². The fourth-order valence-electron chi connectivity index (χ4n) is 4.96. The Labute approximate surface area is 206 Å². The lowest BCUT2D eigenvalue weighted by atomic mass is 10.1. The molecule has 1 saturated carbocycles. The van der Waals surface area contributed by atoms with Crippen molar-refractivity contribution in [3.05, 3.63) is 73.9 Å². The minimum absolute atomic E-state index is 0.0880. The number of aryl methyl sites for hydroxylation is 3. The van der Waals surface area contributed by atoms with Gasteiger partial charge in [0.1, 0.15) is 6.54 Å². The molecule has 0 atom stereocenters. The maximum Gasteiger partial charge on any atom is 0.352 e. The maximum absolute atomic E-state index is 13.3. The Balaban J connectivity index is 1.52. The Hall–Kier alpha value is -4.21. The highest BCUT2D eigenvalue weighted by Gasteiger charge is 2.21. The molecule has 0 spiro atoms. The van der Waals surface area contributed by atoms with E-state index in [0.717, 1.165) is 41.5 Å². The van der Waals surface area contributed by atoms with E-state index < -0.39 is 11.6 Å². The smallest absolute Gasteiger partial charge is 0.349 e. The fourth-order valence-corrected chi connectivity index (χ4v) is 4.96. The molecule has 1 aliphatic carbocycles. The molecular formula is C26H28N6O4. The zero-order chi connectivity index (χ0) is 25.6. The molecule has 0 bridgehead atoms. The number of rotatable bonds is 5. The first-order valence-electron chi connectivity index (χ1n) is 12.0. The minimum atomic E-state index is -0.575. The molecule has 0 radical (unpaired) electrons. The van der Waals surface area contributed by atoms with Crippen LogP contribution in [0.5, 0.6) is 0 Å². The second-order valence-electron chi connectivity index (χ2n) is 9.55. The van der Waals surface area contributed by atoms with Gasteiger partial charge in [0.15, 0.2) is 0 Å². The fraction of sp³-hybridized carbons (Fsp3) is 0.346. The topological polar surface area (TPSA) is 120 Å². The Morgan fingerprint density at radius 2 is 1.72 bits per heavy atom. The van der Waals surface area contributed by atoms with Crippen molar-refractivity contribution in [3.63, 3.8) is 0 Å². The molecule has 2 aromatic heterocycles. The molecule has 10 heteroatoms. The second kappa shape index (κ2) is 9.10. The third kappa shape index (κ3) is 4.30. The first-order valence-corrected chi connectivity index (χ1v) is 12.0. The van der Waals surface area contributed by atoms with E-state index in [2.05, 4.69) is 15.7 Å². The molecule has 0 saturated heterocycles. The van der Waals surface area contributed by atoms with Gasteiger partial charge in [0.2, 0.25) is 11.7 Å². The lowest BCUT2D eigenvalue weighted by Crippen LogP contribution is -2.32. The van der Waals surface area contributed by atoms with E-state index >= 15 is 0 Å². The van der Waals surface area contributed by atoms with E-state index in [-0.39, 0.29) is 40.7 Å². The van der Waals surface area contributed by atoms with Gasteiger partial charge in [0.25, 0.3) is 11.5 Å². The number of fused-ring (bicyclic) bond motifs is 3. The third-order valence-electron chi connectivity index (χ3n) is 6.65. The van der Waals surface area contributed by atoms with Crippen molar-refractivity contribution in [3.8, 4) is 0 Å². The Morgan fingerprint density at radius 3 is 2.42 bits per heavy atom. The molecular weight excluding hydrogens is 460 g/mol. The van der Waals surface area contributed by atoms with E-state index in [9.17, 15) is 19.2 Å². The van der Waals surface area contributed by atoms with Crippen molar-refractivity contribution < 1.29 is 9.59 Å². The average Bonchev–Trinajstić information content (AvgIpc) is 3.44. The second-order valence-corrected chi connectivity index (χ2v) is 9.55. The highest BCUT2D eigenvalue weighted by Crippen LogP contribution is 2.19. The molecule has 2 N–H and O–H groups in total. The summed E-state index contributed by atoms with van der Waals surface area (Å²) in [7, 11) is 1.52. The number of carbonyl (C=O) groups is 2. The minimum Gasteiger partial charge on any atom is -0.349 e. The number of benzene rings is 2. The van der Waals surface area contributed by atoms with Gasteiger partial charge in [-0.15, -0.1) is 5.10 Å². The third-order valence-corrected chi connectivity index (χ3v) is 6.65. The molecule has 1 aliphatic rings.